The Labute approximate surface area is 129 Å². The lowest BCUT2D eigenvalue weighted by molar-refractivity contribution is -0.115. The van der Waals surface area contributed by atoms with Gasteiger partial charge < -0.3 is 10.1 Å². The fourth-order valence-electron chi connectivity index (χ4n) is 1.83. The van der Waals surface area contributed by atoms with Gasteiger partial charge in [-0.1, -0.05) is 24.3 Å². The molecule has 0 unspecified atom stereocenters. The van der Waals surface area contributed by atoms with Gasteiger partial charge in [0.2, 0.25) is 5.91 Å². The predicted octanol–water partition coefficient (Wildman–Crippen LogP) is 2.90. The summed E-state index contributed by atoms with van der Waals surface area (Å²) in [6.45, 7) is 0.406. The van der Waals surface area contributed by atoms with Crippen LogP contribution in [0, 0.1) is 11.3 Å². The van der Waals surface area contributed by atoms with Crippen molar-refractivity contribution in [2.45, 2.75) is 6.61 Å². The molecule has 0 radical (unpaired) electrons. The zero-order valence-corrected chi connectivity index (χ0v) is 12.2. The van der Waals surface area contributed by atoms with Crippen LogP contribution < -0.4 is 10.1 Å². The lowest BCUT2D eigenvalue weighted by Crippen LogP contribution is -2.13. The van der Waals surface area contributed by atoms with Gasteiger partial charge in [-0.05, 0) is 41.5 Å². The molecule has 4 nitrogen and oxygen atoms in total. The third kappa shape index (κ3) is 4.50. The first kappa shape index (κ1) is 15.3. The van der Waals surface area contributed by atoms with Crippen LogP contribution >= 0.6 is 0 Å². The van der Waals surface area contributed by atoms with Crippen LogP contribution in [0.25, 0.3) is 6.08 Å². The van der Waals surface area contributed by atoms with Gasteiger partial charge in [-0.15, -0.1) is 0 Å². The van der Waals surface area contributed by atoms with Crippen molar-refractivity contribution in [3.05, 3.63) is 71.3 Å². The lowest BCUT2D eigenvalue weighted by atomic mass is 10.1. The summed E-state index contributed by atoms with van der Waals surface area (Å²) >= 11 is 0. The number of hydrogen-bond donors (Lipinski definition) is 1. The number of ether oxygens (including phenoxy) is 1. The maximum atomic E-state index is 11.1. The molecule has 0 aromatic heterocycles. The predicted molar refractivity (Wildman–Crippen MR) is 85.0 cm³/mol. The Hall–Kier alpha value is -3.06. The second-order valence-corrected chi connectivity index (χ2v) is 4.62. The van der Waals surface area contributed by atoms with E-state index < -0.39 is 0 Å². The SMILES string of the molecule is CNC(=O)C=Cc1ccc(OCc2cccc(C#N)c2)cc1. The minimum Gasteiger partial charge on any atom is -0.489 e. The summed E-state index contributed by atoms with van der Waals surface area (Å²) < 4.78 is 5.68. The van der Waals surface area contributed by atoms with Crippen LogP contribution in [0.15, 0.2) is 54.6 Å². The summed E-state index contributed by atoms with van der Waals surface area (Å²) in [4.78, 5) is 11.1. The van der Waals surface area contributed by atoms with Crippen LogP contribution in [-0.4, -0.2) is 13.0 Å². The van der Waals surface area contributed by atoms with Gasteiger partial charge in [0.05, 0.1) is 11.6 Å². The number of hydrogen-bond acceptors (Lipinski definition) is 3. The number of likely N-dealkylation sites (N-methyl/N-ethyl adjacent to an activating group) is 1. The van der Waals surface area contributed by atoms with Crippen molar-refractivity contribution in [3.63, 3.8) is 0 Å². The highest BCUT2D eigenvalue weighted by Crippen LogP contribution is 2.15. The maximum absolute atomic E-state index is 11.1. The monoisotopic (exact) mass is 292 g/mol. The lowest BCUT2D eigenvalue weighted by Gasteiger charge is -2.06. The van der Waals surface area contributed by atoms with Crippen LogP contribution in [0.4, 0.5) is 0 Å². The van der Waals surface area contributed by atoms with Crippen LogP contribution in [0.2, 0.25) is 0 Å². The summed E-state index contributed by atoms with van der Waals surface area (Å²) in [5, 5.41) is 11.4. The first-order chi connectivity index (χ1) is 10.7. The second-order valence-electron chi connectivity index (χ2n) is 4.62. The Morgan fingerprint density at radius 1 is 1.27 bits per heavy atom. The minimum absolute atomic E-state index is 0.141. The maximum Gasteiger partial charge on any atom is 0.243 e. The van der Waals surface area contributed by atoms with Crippen LogP contribution in [0.3, 0.4) is 0 Å². The van der Waals surface area contributed by atoms with E-state index in [0.29, 0.717) is 12.2 Å². The van der Waals surface area contributed by atoms with Crippen molar-refractivity contribution in [3.8, 4) is 11.8 Å². The number of nitrogens with one attached hydrogen (secondary N) is 1. The molecule has 0 spiro atoms. The van der Waals surface area contributed by atoms with E-state index in [1.54, 1.807) is 25.3 Å². The topological polar surface area (TPSA) is 62.1 Å². The smallest absolute Gasteiger partial charge is 0.243 e. The molecule has 0 aliphatic rings. The fourth-order valence-corrected chi connectivity index (χ4v) is 1.83. The highest BCUT2D eigenvalue weighted by atomic mass is 16.5. The molecule has 0 bridgehead atoms. The van der Waals surface area contributed by atoms with Crippen LogP contribution in [-0.2, 0) is 11.4 Å². The second kappa shape index (κ2) is 7.65. The Morgan fingerprint density at radius 2 is 2.05 bits per heavy atom. The molecule has 2 aromatic carbocycles. The summed E-state index contributed by atoms with van der Waals surface area (Å²) in [5.41, 5.74) is 2.49. The van der Waals surface area contributed by atoms with E-state index in [9.17, 15) is 4.79 Å². The van der Waals surface area contributed by atoms with E-state index in [-0.39, 0.29) is 5.91 Å². The number of nitrogens with zero attached hydrogens (tertiary/aromatic N) is 1. The van der Waals surface area contributed by atoms with Gasteiger partial charge in [-0.25, -0.2) is 0 Å². The third-order valence-corrected chi connectivity index (χ3v) is 3.02. The minimum atomic E-state index is -0.141. The molecule has 2 rings (SSSR count). The Kier molecular flexibility index (Phi) is 5.33. The van der Waals surface area contributed by atoms with E-state index in [0.717, 1.165) is 16.9 Å². The van der Waals surface area contributed by atoms with Crippen molar-refractivity contribution in [1.82, 2.24) is 5.32 Å². The van der Waals surface area contributed by atoms with E-state index in [4.69, 9.17) is 10.00 Å². The molecule has 0 aliphatic carbocycles. The van der Waals surface area contributed by atoms with Crippen molar-refractivity contribution < 1.29 is 9.53 Å². The Morgan fingerprint density at radius 3 is 2.73 bits per heavy atom. The Balaban J connectivity index is 1.95. The quantitative estimate of drug-likeness (QED) is 0.862. The average Bonchev–Trinajstić information content (AvgIpc) is 2.58. The van der Waals surface area contributed by atoms with Gasteiger partial charge in [-0.2, -0.15) is 5.26 Å². The molecule has 0 heterocycles. The molecule has 0 atom stereocenters. The van der Waals surface area contributed by atoms with Gasteiger partial charge in [0.25, 0.3) is 0 Å². The number of amides is 1. The summed E-state index contributed by atoms with van der Waals surface area (Å²) in [6.07, 6.45) is 3.21. The number of carbonyl (C=O) groups is 1. The van der Waals surface area contributed by atoms with Gasteiger partial charge in [0.1, 0.15) is 12.4 Å². The Bertz CT molecular complexity index is 713. The standard InChI is InChI=1S/C18H16N2O2/c1-20-18(21)10-7-14-5-8-17(9-6-14)22-13-16-4-2-3-15(11-16)12-19/h2-11H,13H2,1H3,(H,20,21). The number of benzene rings is 2. The van der Waals surface area contributed by atoms with Gasteiger partial charge in [0, 0.05) is 13.1 Å². The molecule has 110 valence electrons. The van der Waals surface area contributed by atoms with Crippen molar-refractivity contribution in [2.75, 3.05) is 7.05 Å². The highest BCUT2D eigenvalue weighted by Gasteiger charge is 1.98. The summed E-state index contributed by atoms with van der Waals surface area (Å²) in [7, 11) is 1.59. The molecular weight excluding hydrogens is 276 g/mol. The molecule has 2 aromatic rings. The fraction of sp³-hybridized carbons (Fsp3) is 0.111. The van der Waals surface area contributed by atoms with Gasteiger partial charge in [-0.3, -0.25) is 4.79 Å². The van der Waals surface area contributed by atoms with Crippen LogP contribution in [0.5, 0.6) is 5.75 Å². The van der Waals surface area contributed by atoms with Crippen molar-refractivity contribution in [2.24, 2.45) is 0 Å². The molecule has 1 N–H and O–H groups in total. The molecular formula is C18H16N2O2. The van der Waals surface area contributed by atoms with E-state index in [2.05, 4.69) is 11.4 Å². The highest BCUT2D eigenvalue weighted by molar-refractivity contribution is 5.91. The summed E-state index contributed by atoms with van der Waals surface area (Å²) in [6, 6.07) is 16.9. The van der Waals surface area contributed by atoms with Gasteiger partial charge in [0.15, 0.2) is 0 Å². The summed E-state index contributed by atoms with van der Waals surface area (Å²) in [5.74, 6) is 0.595. The molecule has 0 fully saturated rings. The number of rotatable bonds is 5. The molecule has 0 aliphatic heterocycles. The van der Waals surface area contributed by atoms with Crippen molar-refractivity contribution in [1.29, 1.82) is 5.26 Å². The first-order valence-electron chi connectivity index (χ1n) is 6.83. The van der Waals surface area contributed by atoms with E-state index in [1.165, 1.54) is 6.08 Å². The number of carbonyl (C=O) groups excluding carboxylic acids is 1. The molecule has 4 heteroatoms. The van der Waals surface area contributed by atoms with Crippen LogP contribution in [0.1, 0.15) is 16.7 Å². The zero-order valence-electron chi connectivity index (χ0n) is 12.2. The molecule has 22 heavy (non-hydrogen) atoms. The first-order valence-corrected chi connectivity index (χ1v) is 6.83. The largest absolute Gasteiger partial charge is 0.489 e. The van der Waals surface area contributed by atoms with Crippen molar-refractivity contribution >= 4 is 12.0 Å². The molecule has 0 saturated carbocycles. The number of nitriles is 1. The normalized spacial score (nSPS) is 10.2. The third-order valence-electron chi connectivity index (χ3n) is 3.02. The average molecular weight is 292 g/mol. The van der Waals surface area contributed by atoms with E-state index in [1.807, 2.05) is 36.4 Å². The van der Waals surface area contributed by atoms with E-state index >= 15 is 0 Å². The van der Waals surface area contributed by atoms with Gasteiger partial charge >= 0.3 is 0 Å². The zero-order chi connectivity index (χ0) is 15.8. The molecule has 1 amide bonds. The molecule has 0 saturated heterocycles.